The van der Waals surface area contributed by atoms with Crippen molar-refractivity contribution in [3.05, 3.63) is 72.4 Å². The third-order valence-electron chi connectivity index (χ3n) is 3.74. The van der Waals surface area contributed by atoms with E-state index in [-0.39, 0.29) is 5.91 Å². The van der Waals surface area contributed by atoms with Crippen molar-refractivity contribution in [3.8, 4) is 16.9 Å². The predicted octanol–water partition coefficient (Wildman–Crippen LogP) is 3.09. The number of thioether (sulfide) groups is 1. The number of nitrogens with one attached hydrogen (secondary N) is 1. The van der Waals surface area contributed by atoms with E-state index in [1.54, 1.807) is 6.21 Å². The molecule has 128 valence electrons. The van der Waals surface area contributed by atoms with Gasteiger partial charge in [-0.15, -0.1) is 5.10 Å². The predicted molar refractivity (Wildman–Crippen MR) is 105 cm³/mol. The van der Waals surface area contributed by atoms with Gasteiger partial charge in [-0.2, -0.15) is 10.2 Å². The van der Waals surface area contributed by atoms with Crippen molar-refractivity contribution in [2.24, 2.45) is 10.2 Å². The Balaban J connectivity index is 1.70. The zero-order chi connectivity index (χ0) is 17.8. The number of carbonyl (C=O) groups excluding carboxylic acids is 1. The number of amidine groups is 1. The molecule has 1 aliphatic heterocycles. The summed E-state index contributed by atoms with van der Waals surface area (Å²) >= 11 is 1.34. The normalized spacial score (nSPS) is 15.7. The average molecular weight is 361 g/mol. The summed E-state index contributed by atoms with van der Waals surface area (Å²) < 4.78 is 1.82. The molecule has 4 rings (SSSR count). The molecule has 3 aromatic rings. The highest BCUT2D eigenvalue weighted by molar-refractivity contribution is 8.15. The summed E-state index contributed by atoms with van der Waals surface area (Å²) in [7, 11) is 0. The summed E-state index contributed by atoms with van der Waals surface area (Å²) in [5, 5.41) is 16.1. The van der Waals surface area contributed by atoms with E-state index in [0.717, 1.165) is 22.5 Å². The number of aromatic nitrogens is 2. The van der Waals surface area contributed by atoms with Crippen molar-refractivity contribution in [1.82, 2.24) is 15.1 Å². The molecule has 6 nitrogen and oxygen atoms in total. The van der Waals surface area contributed by atoms with E-state index < -0.39 is 0 Å². The molecule has 1 amide bonds. The molecular weight excluding hydrogens is 346 g/mol. The first-order valence-corrected chi connectivity index (χ1v) is 9.02. The van der Waals surface area contributed by atoms with Crippen molar-refractivity contribution in [2.45, 2.75) is 0 Å². The maximum atomic E-state index is 11.2. The van der Waals surface area contributed by atoms with Crippen LogP contribution in [0.4, 0.5) is 0 Å². The number of para-hydroxylation sites is 1. The lowest BCUT2D eigenvalue weighted by Crippen LogP contribution is -2.19. The molecule has 0 unspecified atom stereocenters. The second kappa shape index (κ2) is 7.37. The van der Waals surface area contributed by atoms with Gasteiger partial charge in [0, 0.05) is 17.3 Å². The van der Waals surface area contributed by atoms with Crippen LogP contribution in [0.5, 0.6) is 0 Å². The van der Waals surface area contributed by atoms with Crippen LogP contribution in [-0.2, 0) is 4.79 Å². The Bertz CT molecular complexity index is 980. The van der Waals surface area contributed by atoms with Crippen LogP contribution in [-0.4, -0.2) is 32.8 Å². The Kier molecular flexibility index (Phi) is 4.61. The van der Waals surface area contributed by atoms with Crippen LogP contribution in [0.25, 0.3) is 16.9 Å². The SMILES string of the molecule is O=C1CS/C(=N/N=Cc2cn(-c3ccccc3)nc2-c2ccccc2)N1. The second-order valence-electron chi connectivity index (χ2n) is 5.57. The van der Waals surface area contributed by atoms with E-state index in [4.69, 9.17) is 5.10 Å². The number of rotatable bonds is 4. The summed E-state index contributed by atoms with van der Waals surface area (Å²) in [6.07, 6.45) is 3.58. The Morgan fingerprint density at radius 2 is 1.81 bits per heavy atom. The average Bonchev–Trinajstić information content (AvgIpc) is 3.30. The fourth-order valence-electron chi connectivity index (χ4n) is 2.54. The molecule has 1 aliphatic rings. The largest absolute Gasteiger partial charge is 0.303 e. The smallest absolute Gasteiger partial charge is 0.236 e. The van der Waals surface area contributed by atoms with Gasteiger partial charge in [0.2, 0.25) is 5.91 Å². The van der Waals surface area contributed by atoms with Gasteiger partial charge >= 0.3 is 0 Å². The maximum Gasteiger partial charge on any atom is 0.236 e. The van der Waals surface area contributed by atoms with Gasteiger partial charge in [-0.25, -0.2) is 4.68 Å². The fourth-order valence-corrected chi connectivity index (χ4v) is 3.17. The van der Waals surface area contributed by atoms with Gasteiger partial charge in [0.25, 0.3) is 0 Å². The summed E-state index contributed by atoms with van der Waals surface area (Å²) in [5.74, 6) is 0.334. The molecule has 0 radical (unpaired) electrons. The first kappa shape index (κ1) is 16.3. The lowest BCUT2D eigenvalue weighted by atomic mass is 10.1. The first-order valence-electron chi connectivity index (χ1n) is 8.04. The molecule has 0 bridgehead atoms. The summed E-state index contributed by atoms with van der Waals surface area (Å²) in [6.45, 7) is 0. The summed E-state index contributed by atoms with van der Waals surface area (Å²) in [6, 6.07) is 19.8. The molecule has 0 aliphatic carbocycles. The monoisotopic (exact) mass is 361 g/mol. The highest BCUT2D eigenvalue weighted by Gasteiger charge is 2.16. The number of hydrogen-bond donors (Lipinski definition) is 1. The van der Waals surface area contributed by atoms with Crippen LogP contribution in [0.2, 0.25) is 0 Å². The Morgan fingerprint density at radius 1 is 1.08 bits per heavy atom. The fraction of sp³-hybridized carbons (Fsp3) is 0.0526. The number of amides is 1. The van der Waals surface area contributed by atoms with E-state index in [0.29, 0.717) is 10.9 Å². The van der Waals surface area contributed by atoms with E-state index in [2.05, 4.69) is 15.5 Å². The Hall–Kier alpha value is -3.19. The second-order valence-corrected chi connectivity index (χ2v) is 6.53. The molecular formula is C19H15N5OS. The number of benzene rings is 2. The Labute approximate surface area is 154 Å². The number of carbonyl (C=O) groups is 1. The molecule has 0 atom stereocenters. The quantitative estimate of drug-likeness (QED) is 0.573. The van der Waals surface area contributed by atoms with Gasteiger partial charge < -0.3 is 5.32 Å². The van der Waals surface area contributed by atoms with Gasteiger partial charge in [0.15, 0.2) is 5.17 Å². The molecule has 0 spiro atoms. The van der Waals surface area contributed by atoms with E-state index >= 15 is 0 Å². The number of hydrogen-bond acceptors (Lipinski definition) is 5. The van der Waals surface area contributed by atoms with Gasteiger partial charge in [-0.05, 0) is 12.1 Å². The van der Waals surface area contributed by atoms with E-state index in [1.807, 2.05) is 71.5 Å². The van der Waals surface area contributed by atoms with Crippen molar-refractivity contribution >= 4 is 29.1 Å². The molecule has 1 saturated heterocycles. The lowest BCUT2D eigenvalue weighted by Gasteiger charge is -2.00. The standard InChI is InChI=1S/C19H15N5OS/c25-17-13-26-19(21-17)22-20-11-15-12-24(16-9-5-2-6-10-16)23-18(15)14-7-3-1-4-8-14/h1-12H,13H2,(H,21,22,25). The molecule has 0 saturated carbocycles. The molecule has 1 fully saturated rings. The summed E-state index contributed by atoms with van der Waals surface area (Å²) in [5.41, 5.74) is 3.63. The van der Waals surface area contributed by atoms with Crippen LogP contribution in [0.3, 0.4) is 0 Å². The first-order chi connectivity index (χ1) is 12.8. The van der Waals surface area contributed by atoms with Gasteiger partial charge in [-0.3, -0.25) is 4.79 Å². The van der Waals surface area contributed by atoms with Crippen LogP contribution >= 0.6 is 11.8 Å². The minimum absolute atomic E-state index is 0.0502. The molecule has 26 heavy (non-hydrogen) atoms. The molecule has 1 N–H and O–H groups in total. The van der Waals surface area contributed by atoms with Crippen LogP contribution in [0, 0.1) is 0 Å². The van der Waals surface area contributed by atoms with Gasteiger partial charge in [0.05, 0.1) is 17.7 Å². The van der Waals surface area contributed by atoms with Crippen LogP contribution < -0.4 is 5.32 Å². The van der Waals surface area contributed by atoms with E-state index in [1.165, 1.54) is 11.8 Å². The topological polar surface area (TPSA) is 71.6 Å². The van der Waals surface area contributed by atoms with Gasteiger partial charge in [0.1, 0.15) is 5.69 Å². The number of nitrogens with zero attached hydrogens (tertiary/aromatic N) is 4. The Morgan fingerprint density at radius 3 is 2.50 bits per heavy atom. The summed E-state index contributed by atoms with van der Waals surface area (Å²) in [4.78, 5) is 11.2. The van der Waals surface area contributed by atoms with Gasteiger partial charge in [-0.1, -0.05) is 60.3 Å². The third kappa shape index (κ3) is 3.57. The maximum absolute atomic E-state index is 11.2. The highest BCUT2D eigenvalue weighted by Crippen LogP contribution is 2.22. The minimum atomic E-state index is -0.0502. The van der Waals surface area contributed by atoms with Crippen molar-refractivity contribution in [1.29, 1.82) is 0 Å². The minimum Gasteiger partial charge on any atom is -0.303 e. The van der Waals surface area contributed by atoms with Crippen molar-refractivity contribution < 1.29 is 4.79 Å². The van der Waals surface area contributed by atoms with Crippen LogP contribution in [0.1, 0.15) is 5.56 Å². The zero-order valence-electron chi connectivity index (χ0n) is 13.7. The zero-order valence-corrected chi connectivity index (χ0v) is 14.6. The molecule has 2 heterocycles. The molecule has 2 aromatic carbocycles. The lowest BCUT2D eigenvalue weighted by molar-refractivity contribution is -0.116. The highest BCUT2D eigenvalue weighted by atomic mass is 32.2. The van der Waals surface area contributed by atoms with Crippen LogP contribution in [0.15, 0.2) is 77.1 Å². The molecule has 1 aromatic heterocycles. The van der Waals surface area contributed by atoms with E-state index in [9.17, 15) is 4.79 Å². The van der Waals surface area contributed by atoms with Crippen molar-refractivity contribution in [2.75, 3.05) is 5.75 Å². The van der Waals surface area contributed by atoms with Crippen molar-refractivity contribution in [3.63, 3.8) is 0 Å². The molecule has 7 heteroatoms. The third-order valence-corrected chi connectivity index (χ3v) is 4.61.